The van der Waals surface area contributed by atoms with Crippen molar-refractivity contribution in [3.8, 4) is 5.75 Å². The van der Waals surface area contributed by atoms with Gasteiger partial charge in [0.05, 0.1) is 17.7 Å². The fourth-order valence-electron chi connectivity index (χ4n) is 4.38. The number of carbonyl (C=O) groups is 2. The van der Waals surface area contributed by atoms with E-state index in [2.05, 4.69) is 5.32 Å². The molecule has 0 heterocycles. The minimum absolute atomic E-state index is 0.0793. The maximum atomic E-state index is 14.1. The van der Waals surface area contributed by atoms with Gasteiger partial charge in [0, 0.05) is 12.1 Å². The zero-order valence-corrected chi connectivity index (χ0v) is 25.8. The number of rotatable bonds is 11. The first-order valence-corrected chi connectivity index (χ1v) is 15.1. The second kappa shape index (κ2) is 13.2. The van der Waals surface area contributed by atoms with E-state index in [-0.39, 0.29) is 17.3 Å². The van der Waals surface area contributed by atoms with Gasteiger partial charge in [0.2, 0.25) is 11.8 Å². The predicted molar refractivity (Wildman–Crippen MR) is 162 cm³/mol. The highest BCUT2D eigenvalue weighted by Gasteiger charge is 2.34. The van der Waals surface area contributed by atoms with Crippen molar-refractivity contribution in [3.05, 3.63) is 89.5 Å². The van der Waals surface area contributed by atoms with Crippen molar-refractivity contribution in [1.29, 1.82) is 0 Å². The Morgan fingerprint density at radius 3 is 1.90 bits per heavy atom. The Bertz CT molecular complexity index is 1430. The molecule has 0 bridgehead atoms. The third-order valence-electron chi connectivity index (χ3n) is 6.61. The van der Waals surface area contributed by atoms with Gasteiger partial charge in [-0.1, -0.05) is 54.4 Å². The zero-order valence-electron chi connectivity index (χ0n) is 25.0. The number of amides is 2. The van der Waals surface area contributed by atoms with Crippen molar-refractivity contribution < 1.29 is 22.7 Å². The third kappa shape index (κ3) is 8.33. The number of aryl methyl sites for hydroxylation is 2. The fraction of sp³-hybridized carbons (Fsp3) is 0.375. The summed E-state index contributed by atoms with van der Waals surface area (Å²) >= 11 is 0. The van der Waals surface area contributed by atoms with Gasteiger partial charge in [-0.3, -0.25) is 13.9 Å². The lowest BCUT2D eigenvalue weighted by Gasteiger charge is -2.34. The molecule has 1 atom stereocenters. The van der Waals surface area contributed by atoms with E-state index in [0.29, 0.717) is 17.9 Å². The van der Waals surface area contributed by atoms with Crippen LogP contribution in [0.4, 0.5) is 5.69 Å². The van der Waals surface area contributed by atoms with Crippen LogP contribution in [0.5, 0.6) is 5.75 Å². The fourth-order valence-corrected chi connectivity index (χ4v) is 5.79. The van der Waals surface area contributed by atoms with Gasteiger partial charge in [-0.2, -0.15) is 0 Å². The molecule has 0 radical (unpaired) electrons. The molecule has 0 aliphatic rings. The van der Waals surface area contributed by atoms with Gasteiger partial charge in [0.15, 0.2) is 0 Å². The number of hydrogen-bond acceptors (Lipinski definition) is 5. The number of ether oxygens (including phenoxy) is 1. The summed E-state index contributed by atoms with van der Waals surface area (Å²) in [5.74, 6) is -0.128. The molecule has 8 nitrogen and oxygen atoms in total. The van der Waals surface area contributed by atoms with E-state index in [4.69, 9.17) is 4.74 Å². The van der Waals surface area contributed by atoms with Crippen LogP contribution in [0, 0.1) is 13.8 Å². The monoisotopic (exact) mass is 579 g/mol. The number of anilines is 1. The van der Waals surface area contributed by atoms with Crippen LogP contribution in [0.15, 0.2) is 77.7 Å². The number of hydrogen-bond donors (Lipinski definition) is 1. The number of nitrogens with one attached hydrogen (secondary N) is 1. The van der Waals surface area contributed by atoms with Crippen LogP contribution in [0.1, 0.15) is 50.8 Å². The standard InChI is InChI=1S/C32H41N3O5S/c1-8-29(31(37)33-32(4,5)6)34(21-25-13-17-27(40-7)18-14-25)30(36)22-35(26-15-9-23(2)10-16-26)41(38,39)28-19-11-24(3)12-20-28/h9-20,29H,8,21-22H2,1-7H3,(H,33,37)/t29-/m0/s1. The molecule has 0 aliphatic carbocycles. The quantitative estimate of drug-likeness (QED) is 0.336. The SMILES string of the molecule is CC[C@@H](C(=O)NC(C)(C)C)N(Cc1ccc(OC)cc1)C(=O)CN(c1ccc(C)cc1)S(=O)(=O)c1ccc(C)cc1. The van der Waals surface area contributed by atoms with E-state index >= 15 is 0 Å². The molecule has 0 saturated heterocycles. The molecule has 9 heteroatoms. The zero-order chi connectivity index (χ0) is 30.4. The summed E-state index contributed by atoms with van der Waals surface area (Å²) in [7, 11) is -2.53. The Morgan fingerprint density at radius 1 is 0.878 bits per heavy atom. The van der Waals surface area contributed by atoms with Crippen molar-refractivity contribution >= 4 is 27.5 Å². The molecule has 3 aromatic rings. The van der Waals surface area contributed by atoms with Crippen LogP contribution in [0.2, 0.25) is 0 Å². The summed E-state index contributed by atoms with van der Waals surface area (Å²) in [4.78, 5) is 29.1. The average Bonchev–Trinajstić information content (AvgIpc) is 2.91. The van der Waals surface area contributed by atoms with Crippen LogP contribution in [0.3, 0.4) is 0 Å². The van der Waals surface area contributed by atoms with Gasteiger partial charge >= 0.3 is 0 Å². The smallest absolute Gasteiger partial charge is 0.264 e. The van der Waals surface area contributed by atoms with E-state index in [1.807, 2.05) is 53.7 Å². The molecule has 0 spiro atoms. The molecule has 0 fully saturated rings. The number of carbonyl (C=O) groups excluding carboxylic acids is 2. The molecule has 1 N–H and O–H groups in total. The van der Waals surface area contributed by atoms with Gasteiger partial charge in [-0.15, -0.1) is 0 Å². The molecule has 3 rings (SSSR count). The highest BCUT2D eigenvalue weighted by Crippen LogP contribution is 2.26. The topological polar surface area (TPSA) is 96.0 Å². The first kappa shape index (κ1) is 31.7. The molecule has 0 unspecified atom stereocenters. The molecular weight excluding hydrogens is 538 g/mol. The second-order valence-corrected chi connectivity index (χ2v) is 13.1. The first-order valence-electron chi connectivity index (χ1n) is 13.7. The summed E-state index contributed by atoms with van der Waals surface area (Å²) < 4.78 is 34.3. The largest absolute Gasteiger partial charge is 0.497 e. The summed E-state index contributed by atoms with van der Waals surface area (Å²) in [5.41, 5.74) is 2.51. The summed E-state index contributed by atoms with van der Waals surface area (Å²) in [6.45, 7) is 10.9. The first-order chi connectivity index (χ1) is 19.2. The number of methoxy groups -OCH3 is 1. The van der Waals surface area contributed by atoms with Crippen LogP contribution in [0.25, 0.3) is 0 Å². The number of nitrogens with zero attached hydrogens (tertiary/aromatic N) is 2. The van der Waals surface area contributed by atoms with Crippen molar-refractivity contribution in [2.45, 2.75) is 71.0 Å². The maximum absolute atomic E-state index is 14.1. The summed E-state index contributed by atoms with van der Waals surface area (Å²) in [6, 6.07) is 19.9. The maximum Gasteiger partial charge on any atom is 0.264 e. The van der Waals surface area contributed by atoms with Crippen LogP contribution in [-0.4, -0.2) is 50.4 Å². The van der Waals surface area contributed by atoms with Gasteiger partial charge in [0.25, 0.3) is 10.0 Å². The van der Waals surface area contributed by atoms with E-state index in [1.54, 1.807) is 55.6 Å². The Balaban J connectivity index is 2.06. The highest BCUT2D eigenvalue weighted by atomic mass is 32.2. The van der Waals surface area contributed by atoms with Crippen molar-refractivity contribution in [1.82, 2.24) is 10.2 Å². The lowest BCUT2D eigenvalue weighted by Crippen LogP contribution is -2.55. The molecule has 0 saturated carbocycles. The minimum atomic E-state index is -4.11. The van der Waals surface area contributed by atoms with Crippen molar-refractivity contribution in [2.75, 3.05) is 18.0 Å². The minimum Gasteiger partial charge on any atom is -0.497 e. The Morgan fingerprint density at radius 2 is 1.41 bits per heavy atom. The van der Waals surface area contributed by atoms with Gasteiger partial charge in [-0.25, -0.2) is 8.42 Å². The van der Waals surface area contributed by atoms with Gasteiger partial charge < -0.3 is 15.0 Å². The molecule has 41 heavy (non-hydrogen) atoms. The normalized spacial score (nSPS) is 12.4. The second-order valence-electron chi connectivity index (χ2n) is 11.2. The van der Waals surface area contributed by atoms with Crippen molar-refractivity contribution in [2.24, 2.45) is 0 Å². The van der Waals surface area contributed by atoms with Gasteiger partial charge in [0.1, 0.15) is 18.3 Å². The Hall–Kier alpha value is -3.85. The van der Waals surface area contributed by atoms with E-state index in [1.165, 1.54) is 17.0 Å². The van der Waals surface area contributed by atoms with E-state index in [9.17, 15) is 18.0 Å². The molecule has 3 aromatic carbocycles. The third-order valence-corrected chi connectivity index (χ3v) is 8.39. The lowest BCUT2D eigenvalue weighted by atomic mass is 10.1. The van der Waals surface area contributed by atoms with E-state index < -0.39 is 34.1 Å². The van der Waals surface area contributed by atoms with Gasteiger partial charge in [-0.05, 0) is 83.0 Å². The molecule has 0 aromatic heterocycles. The lowest BCUT2D eigenvalue weighted by molar-refractivity contribution is -0.141. The average molecular weight is 580 g/mol. The van der Waals surface area contributed by atoms with Crippen LogP contribution >= 0.6 is 0 Å². The Labute approximate surface area is 244 Å². The van der Waals surface area contributed by atoms with Crippen molar-refractivity contribution in [3.63, 3.8) is 0 Å². The molecule has 0 aliphatic heterocycles. The van der Waals surface area contributed by atoms with Crippen LogP contribution < -0.4 is 14.4 Å². The molecular formula is C32H41N3O5S. The molecule has 2 amide bonds. The summed E-state index contributed by atoms with van der Waals surface area (Å²) in [6.07, 6.45) is 0.346. The molecule has 220 valence electrons. The summed E-state index contributed by atoms with van der Waals surface area (Å²) in [5, 5.41) is 2.98. The van der Waals surface area contributed by atoms with E-state index in [0.717, 1.165) is 21.0 Å². The van der Waals surface area contributed by atoms with Crippen LogP contribution in [-0.2, 0) is 26.2 Å². The number of sulfonamides is 1. The highest BCUT2D eigenvalue weighted by molar-refractivity contribution is 7.92. The predicted octanol–water partition coefficient (Wildman–Crippen LogP) is 5.23. The number of benzene rings is 3. The Kier molecular flexibility index (Phi) is 10.2.